The van der Waals surface area contributed by atoms with E-state index >= 15 is 0 Å². The summed E-state index contributed by atoms with van der Waals surface area (Å²) in [6.07, 6.45) is 4.92. The predicted molar refractivity (Wildman–Crippen MR) is 70.4 cm³/mol. The molecular formula is C13H19NO3S. The van der Waals surface area contributed by atoms with Gasteiger partial charge in [-0.05, 0) is 24.5 Å². The molecule has 1 saturated carbocycles. The molecule has 1 aliphatic rings. The van der Waals surface area contributed by atoms with Crippen LogP contribution in [0, 0.1) is 0 Å². The summed E-state index contributed by atoms with van der Waals surface area (Å²) in [5, 5.41) is 0. The largest absolute Gasteiger partial charge is 0.495 e. The third-order valence-corrected chi connectivity index (χ3v) is 4.76. The van der Waals surface area contributed by atoms with Crippen LogP contribution in [0.1, 0.15) is 31.2 Å². The van der Waals surface area contributed by atoms with E-state index in [1.54, 1.807) is 12.1 Å². The summed E-state index contributed by atoms with van der Waals surface area (Å²) in [6, 6.07) is 5.28. The van der Waals surface area contributed by atoms with Crippen LogP contribution >= 0.6 is 0 Å². The topological polar surface area (TPSA) is 69.4 Å². The molecule has 0 aromatic heterocycles. The van der Waals surface area contributed by atoms with Gasteiger partial charge in [-0.15, -0.1) is 0 Å². The number of hydrogen-bond acceptors (Lipinski definition) is 4. The maximum Gasteiger partial charge on any atom is 0.179 e. The number of sulfone groups is 1. The Balaban J connectivity index is 2.68. The molecule has 1 aromatic rings. The highest BCUT2D eigenvalue weighted by molar-refractivity contribution is 7.90. The minimum absolute atomic E-state index is 0.247. The molecule has 4 nitrogen and oxygen atoms in total. The Kier molecular flexibility index (Phi) is 3.38. The number of ether oxygens (including phenoxy) is 1. The lowest BCUT2D eigenvalue weighted by Gasteiger charge is -2.27. The number of benzene rings is 1. The fourth-order valence-electron chi connectivity index (χ4n) is 2.73. The zero-order valence-electron chi connectivity index (χ0n) is 10.8. The molecule has 0 atom stereocenters. The van der Waals surface area contributed by atoms with Crippen LogP contribution in [0.5, 0.6) is 5.75 Å². The highest BCUT2D eigenvalue weighted by Gasteiger charge is 2.36. The van der Waals surface area contributed by atoms with E-state index in [0.717, 1.165) is 25.7 Å². The van der Waals surface area contributed by atoms with Gasteiger partial charge in [0.05, 0.1) is 7.11 Å². The van der Waals surface area contributed by atoms with Gasteiger partial charge in [0.15, 0.2) is 9.84 Å². The second-order valence-electron chi connectivity index (χ2n) is 4.97. The number of nitrogens with two attached hydrogens (primary N) is 1. The Morgan fingerprint density at radius 3 is 2.39 bits per heavy atom. The molecule has 1 aliphatic carbocycles. The highest BCUT2D eigenvalue weighted by atomic mass is 32.2. The Morgan fingerprint density at radius 1 is 1.28 bits per heavy atom. The van der Waals surface area contributed by atoms with E-state index in [2.05, 4.69) is 0 Å². The molecule has 5 heteroatoms. The second kappa shape index (κ2) is 4.55. The van der Waals surface area contributed by atoms with Crippen LogP contribution in [0.15, 0.2) is 23.1 Å². The summed E-state index contributed by atoms with van der Waals surface area (Å²) in [4.78, 5) is 0.247. The fraction of sp³-hybridized carbons (Fsp3) is 0.538. The van der Waals surface area contributed by atoms with Gasteiger partial charge in [-0.1, -0.05) is 25.0 Å². The van der Waals surface area contributed by atoms with Gasteiger partial charge in [-0.2, -0.15) is 0 Å². The third kappa shape index (κ3) is 2.24. The SMILES string of the molecule is COc1cccc(C2(N)CCCC2)c1S(C)(=O)=O. The predicted octanol–water partition coefficient (Wildman–Crippen LogP) is 1.83. The van der Waals surface area contributed by atoms with Crippen molar-refractivity contribution in [3.8, 4) is 5.75 Å². The minimum atomic E-state index is -3.36. The van der Waals surface area contributed by atoms with Gasteiger partial charge < -0.3 is 10.5 Å². The van der Waals surface area contributed by atoms with Gasteiger partial charge >= 0.3 is 0 Å². The molecule has 0 saturated heterocycles. The standard InChI is InChI=1S/C13H19NO3S/c1-17-11-7-5-6-10(12(11)18(2,15)16)13(14)8-3-4-9-13/h5-7H,3-4,8-9,14H2,1-2H3. The van der Waals surface area contributed by atoms with E-state index in [1.165, 1.54) is 13.4 Å². The second-order valence-corrected chi connectivity index (χ2v) is 6.92. The molecule has 100 valence electrons. The monoisotopic (exact) mass is 269 g/mol. The molecule has 1 aromatic carbocycles. The quantitative estimate of drug-likeness (QED) is 0.909. The zero-order chi connectivity index (χ0) is 13.4. The van der Waals surface area contributed by atoms with Crippen LogP contribution in [-0.2, 0) is 15.4 Å². The lowest BCUT2D eigenvalue weighted by atomic mass is 9.89. The Bertz CT molecular complexity index is 545. The van der Waals surface area contributed by atoms with Crippen molar-refractivity contribution < 1.29 is 13.2 Å². The van der Waals surface area contributed by atoms with Crippen LogP contribution in [0.3, 0.4) is 0 Å². The molecule has 2 rings (SSSR count). The van der Waals surface area contributed by atoms with Gasteiger partial charge in [-0.3, -0.25) is 0 Å². The maximum absolute atomic E-state index is 12.0. The molecule has 0 unspecified atom stereocenters. The number of rotatable bonds is 3. The molecule has 0 spiro atoms. The molecule has 2 N–H and O–H groups in total. The number of methoxy groups -OCH3 is 1. The van der Waals surface area contributed by atoms with E-state index in [-0.39, 0.29) is 4.90 Å². The number of hydrogen-bond donors (Lipinski definition) is 1. The van der Waals surface area contributed by atoms with E-state index in [4.69, 9.17) is 10.5 Å². The summed E-state index contributed by atoms with van der Waals surface area (Å²) in [5.41, 5.74) is 6.54. The van der Waals surface area contributed by atoms with Crippen molar-refractivity contribution in [3.05, 3.63) is 23.8 Å². The summed E-state index contributed by atoms with van der Waals surface area (Å²) >= 11 is 0. The summed E-state index contributed by atoms with van der Waals surface area (Å²) in [6.45, 7) is 0. The van der Waals surface area contributed by atoms with Gasteiger partial charge in [0.2, 0.25) is 0 Å². The van der Waals surface area contributed by atoms with E-state index in [9.17, 15) is 8.42 Å². The molecular weight excluding hydrogens is 250 g/mol. The average Bonchev–Trinajstić information content (AvgIpc) is 2.75. The minimum Gasteiger partial charge on any atom is -0.495 e. The van der Waals surface area contributed by atoms with Crippen LogP contribution in [-0.4, -0.2) is 21.8 Å². The van der Waals surface area contributed by atoms with Crippen LogP contribution in [0.25, 0.3) is 0 Å². The first-order valence-electron chi connectivity index (χ1n) is 6.05. The van der Waals surface area contributed by atoms with Crippen molar-refractivity contribution in [2.24, 2.45) is 5.73 Å². The first-order valence-corrected chi connectivity index (χ1v) is 7.94. The molecule has 0 heterocycles. The van der Waals surface area contributed by atoms with Gasteiger partial charge in [-0.25, -0.2) is 8.42 Å². The zero-order valence-corrected chi connectivity index (χ0v) is 11.6. The lowest BCUT2D eigenvalue weighted by Crippen LogP contribution is -2.34. The molecule has 0 bridgehead atoms. The van der Waals surface area contributed by atoms with Gasteiger partial charge in [0, 0.05) is 11.8 Å². The summed E-state index contributed by atoms with van der Waals surface area (Å²) in [5.74, 6) is 0.381. The van der Waals surface area contributed by atoms with Crippen molar-refractivity contribution in [3.63, 3.8) is 0 Å². The summed E-state index contributed by atoms with van der Waals surface area (Å²) < 4.78 is 29.2. The van der Waals surface area contributed by atoms with Crippen molar-refractivity contribution in [2.75, 3.05) is 13.4 Å². The van der Waals surface area contributed by atoms with Crippen LogP contribution in [0.2, 0.25) is 0 Å². The molecule has 0 radical (unpaired) electrons. The molecule has 0 aliphatic heterocycles. The Hall–Kier alpha value is -1.07. The normalized spacial score (nSPS) is 18.8. The van der Waals surface area contributed by atoms with Crippen molar-refractivity contribution in [1.29, 1.82) is 0 Å². The van der Waals surface area contributed by atoms with E-state index < -0.39 is 15.4 Å². The van der Waals surface area contributed by atoms with E-state index in [0.29, 0.717) is 11.3 Å². The Morgan fingerprint density at radius 2 is 1.89 bits per heavy atom. The van der Waals surface area contributed by atoms with Crippen molar-refractivity contribution >= 4 is 9.84 Å². The molecule has 1 fully saturated rings. The van der Waals surface area contributed by atoms with E-state index in [1.807, 2.05) is 6.07 Å². The fourth-order valence-corrected chi connectivity index (χ4v) is 3.91. The first kappa shape index (κ1) is 13.4. The average molecular weight is 269 g/mol. The first-order chi connectivity index (χ1) is 8.38. The lowest BCUT2D eigenvalue weighted by molar-refractivity contribution is 0.391. The molecule has 0 amide bonds. The highest BCUT2D eigenvalue weighted by Crippen LogP contribution is 2.41. The van der Waals surface area contributed by atoms with Gasteiger partial charge in [0.25, 0.3) is 0 Å². The molecule has 18 heavy (non-hydrogen) atoms. The Labute approximate surface area is 108 Å². The van der Waals surface area contributed by atoms with Gasteiger partial charge in [0.1, 0.15) is 10.6 Å². The van der Waals surface area contributed by atoms with Crippen LogP contribution < -0.4 is 10.5 Å². The van der Waals surface area contributed by atoms with Crippen molar-refractivity contribution in [1.82, 2.24) is 0 Å². The van der Waals surface area contributed by atoms with Crippen molar-refractivity contribution in [2.45, 2.75) is 36.1 Å². The van der Waals surface area contributed by atoms with Crippen LogP contribution in [0.4, 0.5) is 0 Å². The third-order valence-electron chi connectivity index (χ3n) is 3.60. The smallest absolute Gasteiger partial charge is 0.179 e. The summed E-state index contributed by atoms with van der Waals surface area (Å²) in [7, 11) is -1.88. The maximum atomic E-state index is 12.0.